The van der Waals surface area contributed by atoms with Crippen molar-refractivity contribution in [1.29, 1.82) is 0 Å². The maximum absolute atomic E-state index is 6.74. The van der Waals surface area contributed by atoms with Crippen LogP contribution in [0.2, 0.25) is 5.15 Å². The normalized spacial score (nSPS) is 14.6. The van der Waals surface area contributed by atoms with Gasteiger partial charge in [-0.05, 0) is 32.4 Å². The Bertz CT molecular complexity index is 826. The molecule has 2 unspecified atom stereocenters. The quantitative estimate of drug-likeness (QED) is 0.598. The zero-order valence-electron chi connectivity index (χ0n) is 17.0. The smallest absolute Gasteiger partial charge is 0.138 e. The van der Waals surface area contributed by atoms with Crippen molar-refractivity contribution in [3.63, 3.8) is 0 Å². The Hall–Kier alpha value is -2.11. The molecule has 6 heteroatoms. The van der Waals surface area contributed by atoms with Crippen molar-refractivity contribution in [2.75, 3.05) is 19.5 Å². The Morgan fingerprint density at radius 3 is 2.81 bits per heavy atom. The van der Waals surface area contributed by atoms with Crippen LogP contribution in [0.4, 0.5) is 5.82 Å². The molecule has 27 heavy (non-hydrogen) atoms. The maximum Gasteiger partial charge on any atom is 0.138 e. The van der Waals surface area contributed by atoms with Crippen molar-refractivity contribution in [2.45, 2.75) is 46.1 Å². The summed E-state index contributed by atoms with van der Waals surface area (Å²) < 4.78 is 7.65. The molecule has 0 radical (unpaired) electrons. The van der Waals surface area contributed by atoms with E-state index >= 15 is 0 Å². The molecule has 2 rings (SSSR count). The molecule has 0 bridgehead atoms. The van der Waals surface area contributed by atoms with Crippen LogP contribution in [0.1, 0.15) is 56.0 Å². The van der Waals surface area contributed by atoms with Gasteiger partial charge < -0.3 is 10.1 Å². The molecule has 0 amide bonds. The predicted molar refractivity (Wildman–Crippen MR) is 113 cm³/mol. The fourth-order valence-corrected chi connectivity index (χ4v) is 3.63. The van der Waals surface area contributed by atoms with Gasteiger partial charge in [0.2, 0.25) is 0 Å². The first-order valence-electron chi connectivity index (χ1n) is 9.20. The van der Waals surface area contributed by atoms with Crippen LogP contribution < -0.4 is 5.32 Å². The molecule has 2 aromatic rings. The van der Waals surface area contributed by atoms with E-state index in [2.05, 4.69) is 41.4 Å². The van der Waals surface area contributed by atoms with E-state index in [1.165, 1.54) is 0 Å². The standard InChI is InChI=1S/C21H29ClN4O/c1-7-8-9-11-14(2)26-20(22)18(16(4)25-26)19(27-6)15(3)17-12-10-13-24-21(17)23-5/h8-13,15,19H,7H2,1-6H3,(H,23,24)/b9-8-,14-11+. The van der Waals surface area contributed by atoms with Crippen LogP contribution >= 0.6 is 11.6 Å². The third kappa shape index (κ3) is 4.60. The van der Waals surface area contributed by atoms with Crippen LogP contribution in [0.3, 0.4) is 0 Å². The van der Waals surface area contributed by atoms with E-state index in [1.54, 1.807) is 18.0 Å². The van der Waals surface area contributed by atoms with Gasteiger partial charge in [-0.2, -0.15) is 5.10 Å². The first kappa shape index (κ1) is 21.2. The fourth-order valence-electron chi connectivity index (χ4n) is 3.21. The van der Waals surface area contributed by atoms with E-state index in [9.17, 15) is 0 Å². The Morgan fingerprint density at radius 2 is 2.19 bits per heavy atom. The molecule has 0 spiro atoms. The number of allylic oxidation sites excluding steroid dienone is 4. The topological polar surface area (TPSA) is 52.0 Å². The Labute approximate surface area is 167 Å². The van der Waals surface area contributed by atoms with E-state index in [1.807, 2.05) is 39.1 Å². The first-order chi connectivity index (χ1) is 13.0. The van der Waals surface area contributed by atoms with E-state index in [0.29, 0.717) is 5.15 Å². The summed E-state index contributed by atoms with van der Waals surface area (Å²) in [5, 5.41) is 8.38. The van der Waals surface area contributed by atoms with Gasteiger partial charge in [-0.1, -0.05) is 43.7 Å². The highest BCUT2D eigenvalue weighted by atomic mass is 35.5. The molecule has 0 saturated heterocycles. The first-order valence-corrected chi connectivity index (χ1v) is 9.58. The monoisotopic (exact) mass is 388 g/mol. The number of methoxy groups -OCH3 is 1. The van der Waals surface area contributed by atoms with Crippen molar-refractivity contribution in [3.8, 4) is 0 Å². The van der Waals surface area contributed by atoms with Gasteiger partial charge in [0, 0.05) is 43.1 Å². The molecule has 2 atom stereocenters. The molecule has 0 aromatic carbocycles. The van der Waals surface area contributed by atoms with Crippen LogP contribution in [0.15, 0.2) is 36.6 Å². The van der Waals surface area contributed by atoms with Gasteiger partial charge in [0.15, 0.2) is 0 Å². The number of nitrogens with zero attached hydrogens (tertiary/aromatic N) is 3. The highest BCUT2D eigenvalue weighted by Gasteiger charge is 2.29. The molecular formula is C21H29ClN4O. The molecule has 0 fully saturated rings. The fraction of sp³-hybridized carbons (Fsp3) is 0.429. The lowest BCUT2D eigenvalue weighted by Crippen LogP contribution is -2.14. The number of anilines is 1. The third-order valence-electron chi connectivity index (χ3n) is 4.65. The Morgan fingerprint density at radius 1 is 1.44 bits per heavy atom. The number of hydrogen-bond donors (Lipinski definition) is 1. The summed E-state index contributed by atoms with van der Waals surface area (Å²) >= 11 is 6.74. The minimum atomic E-state index is -0.235. The van der Waals surface area contributed by atoms with Crippen molar-refractivity contribution in [1.82, 2.24) is 14.8 Å². The number of halogens is 1. The summed E-state index contributed by atoms with van der Waals surface area (Å²) in [5.41, 5.74) is 3.80. The van der Waals surface area contributed by atoms with Crippen LogP contribution in [0, 0.1) is 6.92 Å². The number of aryl methyl sites for hydroxylation is 1. The molecule has 2 heterocycles. The highest BCUT2D eigenvalue weighted by molar-refractivity contribution is 6.30. The average Bonchev–Trinajstić information content (AvgIpc) is 2.97. The highest BCUT2D eigenvalue weighted by Crippen LogP contribution is 2.40. The van der Waals surface area contributed by atoms with Gasteiger partial charge in [-0.15, -0.1) is 0 Å². The molecule has 0 aliphatic rings. The summed E-state index contributed by atoms with van der Waals surface area (Å²) in [4.78, 5) is 4.41. The van der Waals surface area contributed by atoms with Crippen LogP contribution in [0.25, 0.3) is 5.70 Å². The summed E-state index contributed by atoms with van der Waals surface area (Å²) in [5.74, 6) is 0.887. The number of aromatic nitrogens is 3. The molecule has 0 aliphatic heterocycles. The number of nitrogens with one attached hydrogen (secondary N) is 1. The summed E-state index contributed by atoms with van der Waals surface area (Å²) in [6.07, 6.45) is 8.66. The van der Waals surface area contributed by atoms with Gasteiger partial charge in [-0.25, -0.2) is 9.67 Å². The Balaban J connectivity index is 2.46. The summed E-state index contributed by atoms with van der Waals surface area (Å²) in [6, 6.07) is 3.99. The molecular weight excluding hydrogens is 360 g/mol. The minimum absolute atomic E-state index is 0.0456. The van der Waals surface area contributed by atoms with Gasteiger partial charge in [0.05, 0.1) is 11.8 Å². The second-order valence-corrected chi connectivity index (χ2v) is 6.84. The Kier molecular flexibility index (Phi) is 7.63. The van der Waals surface area contributed by atoms with Crippen LogP contribution in [-0.2, 0) is 4.74 Å². The van der Waals surface area contributed by atoms with Gasteiger partial charge in [0.25, 0.3) is 0 Å². The zero-order chi connectivity index (χ0) is 20.0. The molecule has 0 aliphatic carbocycles. The second kappa shape index (κ2) is 9.72. The van der Waals surface area contributed by atoms with E-state index in [4.69, 9.17) is 16.3 Å². The molecule has 146 valence electrons. The van der Waals surface area contributed by atoms with Crippen molar-refractivity contribution >= 4 is 23.1 Å². The third-order valence-corrected chi connectivity index (χ3v) is 5.01. The lowest BCUT2D eigenvalue weighted by molar-refractivity contribution is 0.0832. The number of pyridine rings is 1. The van der Waals surface area contributed by atoms with Crippen molar-refractivity contribution in [3.05, 3.63) is 58.5 Å². The maximum atomic E-state index is 6.74. The van der Waals surface area contributed by atoms with Crippen molar-refractivity contribution < 1.29 is 4.74 Å². The summed E-state index contributed by atoms with van der Waals surface area (Å²) in [7, 11) is 3.57. The molecule has 5 nitrogen and oxygen atoms in total. The number of rotatable bonds is 8. The predicted octanol–water partition coefficient (Wildman–Crippen LogP) is 5.60. The molecule has 1 N–H and O–H groups in total. The van der Waals surface area contributed by atoms with Crippen LogP contribution in [0.5, 0.6) is 0 Å². The average molecular weight is 389 g/mol. The van der Waals surface area contributed by atoms with Crippen molar-refractivity contribution in [2.24, 2.45) is 0 Å². The number of hydrogen-bond acceptors (Lipinski definition) is 4. The second-order valence-electron chi connectivity index (χ2n) is 6.48. The van der Waals surface area contributed by atoms with E-state index in [0.717, 1.165) is 34.8 Å². The van der Waals surface area contributed by atoms with E-state index < -0.39 is 0 Å². The largest absolute Gasteiger partial charge is 0.376 e. The zero-order valence-corrected chi connectivity index (χ0v) is 17.7. The van der Waals surface area contributed by atoms with Gasteiger partial charge in [0.1, 0.15) is 11.0 Å². The van der Waals surface area contributed by atoms with E-state index in [-0.39, 0.29) is 12.0 Å². The lowest BCUT2D eigenvalue weighted by atomic mass is 9.91. The lowest BCUT2D eigenvalue weighted by Gasteiger charge is -2.24. The summed E-state index contributed by atoms with van der Waals surface area (Å²) in [6.45, 7) is 8.18. The molecule has 0 saturated carbocycles. The van der Waals surface area contributed by atoms with Crippen LogP contribution in [-0.4, -0.2) is 28.9 Å². The molecule has 2 aromatic heterocycles. The SMILES string of the molecule is CC/C=C\C=C(/C)n1nc(C)c(C(OC)C(C)c2cccnc2NC)c1Cl. The van der Waals surface area contributed by atoms with Gasteiger partial charge >= 0.3 is 0 Å². The minimum Gasteiger partial charge on any atom is -0.376 e. The number of ether oxygens (including phenoxy) is 1. The van der Waals surface area contributed by atoms with Gasteiger partial charge in [-0.3, -0.25) is 0 Å².